The average Bonchev–Trinajstić information content (AvgIpc) is 2.99. The van der Waals surface area contributed by atoms with Gasteiger partial charge in [-0.25, -0.2) is 13.1 Å². The van der Waals surface area contributed by atoms with E-state index in [4.69, 9.17) is 0 Å². The number of nitrogens with one attached hydrogen (secondary N) is 2. The van der Waals surface area contributed by atoms with Crippen LogP contribution in [0.1, 0.15) is 9.67 Å². The highest BCUT2D eigenvalue weighted by Gasteiger charge is 2.30. The summed E-state index contributed by atoms with van der Waals surface area (Å²) < 4.78 is 61.1. The first-order chi connectivity index (χ1) is 10.7. The first kappa shape index (κ1) is 17.4. The molecule has 0 saturated carbocycles. The van der Waals surface area contributed by atoms with Crippen LogP contribution in [0.2, 0.25) is 0 Å². The Kier molecular flexibility index (Phi) is 5.07. The molecule has 23 heavy (non-hydrogen) atoms. The van der Waals surface area contributed by atoms with Crippen LogP contribution in [0.25, 0.3) is 0 Å². The number of halogens is 3. The lowest BCUT2D eigenvalue weighted by atomic mass is 10.3. The minimum atomic E-state index is -4.64. The van der Waals surface area contributed by atoms with E-state index in [2.05, 4.69) is 5.32 Å². The number of anilines is 1. The second-order valence-electron chi connectivity index (χ2n) is 4.40. The number of hydrogen-bond donors (Lipinski definition) is 2. The maximum absolute atomic E-state index is 12.1. The summed E-state index contributed by atoms with van der Waals surface area (Å²) in [6.45, 7) is -1.65. The highest BCUT2D eigenvalue weighted by molar-refractivity contribution is 7.89. The van der Waals surface area contributed by atoms with Gasteiger partial charge in [-0.3, -0.25) is 4.79 Å². The molecule has 2 aromatic rings. The van der Waals surface area contributed by atoms with E-state index in [1.165, 1.54) is 28.2 Å². The van der Waals surface area contributed by atoms with Crippen molar-refractivity contribution >= 4 is 33.0 Å². The molecule has 0 bridgehead atoms. The Morgan fingerprint density at radius 1 is 1.13 bits per heavy atom. The summed E-state index contributed by atoms with van der Waals surface area (Å²) in [5.41, 5.74) is 0.332. The molecule has 5 nitrogen and oxygen atoms in total. The summed E-state index contributed by atoms with van der Waals surface area (Å²) in [5.74, 6) is -0.356. The summed E-state index contributed by atoms with van der Waals surface area (Å²) in [6.07, 6.45) is -4.64. The van der Waals surface area contributed by atoms with Crippen LogP contribution < -0.4 is 10.0 Å². The third kappa shape index (κ3) is 5.05. The number of sulfonamides is 1. The van der Waals surface area contributed by atoms with Crippen LogP contribution in [-0.4, -0.2) is 27.0 Å². The number of hydrogen-bond acceptors (Lipinski definition) is 4. The highest BCUT2D eigenvalue weighted by atomic mass is 32.2. The first-order valence-corrected chi connectivity index (χ1v) is 8.55. The molecule has 1 aromatic carbocycles. The van der Waals surface area contributed by atoms with E-state index in [9.17, 15) is 26.4 Å². The summed E-state index contributed by atoms with van der Waals surface area (Å²) in [7, 11) is -4.26. The van der Waals surface area contributed by atoms with Crippen LogP contribution in [0, 0.1) is 0 Å². The molecule has 0 aliphatic carbocycles. The molecule has 0 aliphatic heterocycles. The lowest BCUT2D eigenvalue weighted by Gasteiger charge is -2.10. The molecule has 2 rings (SSSR count). The van der Waals surface area contributed by atoms with Gasteiger partial charge in [0.15, 0.2) is 0 Å². The maximum Gasteiger partial charge on any atom is 0.402 e. The smallest absolute Gasteiger partial charge is 0.321 e. The molecule has 2 N–H and O–H groups in total. The predicted molar refractivity (Wildman–Crippen MR) is 80.0 cm³/mol. The Morgan fingerprint density at radius 3 is 2.30 bits per heavy atom. The van der Waals surface area contributed by atoms with Crippen molar-refractivity contribution in [3.05, 3.63) is 46.7 Å². The molecule has 0 unspecified atom stereocenters. The van der Waals surface area contributed by atoms with Gasteiger partial charge in [-0.2, -0.15) is 13.2 Å². The van der Waals surface area contributed by atoms with E-state index < -0.39 is 22.7 Å². The van der Waals surface area contributed by atoms with Gasteiger partial charge in [0.2, 0.25) is 10.0 Å². The Morgan fingerprint density at radius 2 is 1.78 bits per heavy atom. The summed E-state index contributed by atoms with van der Waals surface area (Å²) in [6, 6.07) is 8.16. The molecule has 0 spiro atoms. The van der Waals surface area contributed by atoms with E-state index in [1.807, 2.05) is 0 Å². The fraction of sp³-hybridized carbons (Fsp3) is 0.154. The Hall–Kier alpha value is -1.91. The zero-order valence-corrected chi connectivity index (χ0v) is 13.1. The molecule has 0 atom stereocenters. The molecule has 1 aromatic heterocycles. The van der Waals surface area contributed by atoms with Crippen LogP contribution in [0.4, 0.5) is 18.9 Å². The van der Waals surface area contributed by atoms with Crippen molar-refractivity contribution in [2.45, 2.75) is 11.1 Å². The summed E-state index contributed by atoms with van der Waals surface area (Å²) in [5, 5.41) is 4.29. The number of thiophene rings is 1. The minimum Gasteiger partial charge on any atom is -0.321 e. The second kappa shape index (κ2) is 6.69. The number of rotatable bonds is 5. The number of carbonyl (C=O) groups excluding carboxylic acids is 1. The lowest BCUT2D eigenvalue weighted by molar-refractivity contribution is -0.121. The highest BCUT2D eigenvalue weighted by Crippen LogP contribution is 2.18. The molecule has 0 saturated heterocycles. The zero-order chi connectivity index (χ0) is 17.1. The number of carbonyl (C=O) groups is 1. The molecule has 10 heteroatoms. The van der Waals surface area contributed by atoms with E-state index in [-0.39, 0.29) is 10.8 Å². The molecule has 124 valence electrons. The van der Waals surface area contributed by atoms with Gasteiger partial charge in [-0.15, -0.1) is 11.3 Å². The van der Waals surface area contributed by atoms with Crippen LogP contribution in [0.15, 0.2) is 46.7 Å². The third-order valence-electron chi connectivity index (χ3n) is 2.63. The molecule has 0 radical (unpaired) electrons. The molecule has 1 amide bonds. The minimum absolute atomic E-state index is 0.323. The van der Waals surface area contributed by atoms with Gasteiger partial charge in [0.05, 0.1) is 9.77 Å². The quantitative estimate of drug-likeness (QED) is 0.857. The summed E-state index contributed by atoms with van der Waals surface area (Å²) >= 11 is 1.24. The van der Waals surface area contributed by atoms with Crippen molar-refractivity contribution in [2.24, 2.45) is 0 Å². The predicted octanol–water partition coefficient (Wildman–Crippen LogP) is 2.84. The lowest BCUT2D eigenvalue weighted by Crippen LogP contribution is -2.33. The van der Waals surface area contributed by atoms with Crippen molar-refractivity contribution < 1.29 is 26.4 Å². The largest absolute Gasteiger partial charge is 0.402 e. The monoisotopic (exact) mass is 364 g/mol. The number of alkyl halides is 3. The van der Waals surface area contributed by atoms with Crippen LogP contribution in [-0.2, 0) is 10.0 Å². The van der Waals surface area contributed by atoms with E-state index >= 15 is 0 Å². The summed E-state index contributed by atoms with van der Waals surface area (Å²) in [4.78, 5) is 12.0. The van der Waals surface area contributed by atoms with Crippen LogP contribution in [0.5, 0.6) is 0 Å². The molecular formula is C13H11F3N2O3S2. The van der Waals surface area contributed by atoms with Gasteiger partial charge in [0, 0.05) is 5.69 Å². The van der Waals surface area contributed by atoms with Crippen molar-refractivity contribution in [1.29, 1.82) is 0 Å². The topological polar surface area (TPSA) is 75.3 Å². The SMILES string of the molecule is O=C(Nc1ccc(S(=O)(=O)NCC(F)(F)F)cc1)c1cccs1. The van der Waals surface area contributed by atoms with Gasteiger partial charge >= 0.3 is 6.18 Å². The van der Waals surface area contributed by atoms with Gasteiger partial charge in [0.25, 0.3) is 5.91 Å². The fourth-order valence-corrected chi connectivity index (χ4v) is 3.21. The van der Waals surface area contributed by atoms with E-state index in [1.54, 1.807) is 17.5 Å². The van der Waals surface area contributed by atoms with Crippen molar-refractivity contribution in [2.75, 3.05) is 11.9 Å². The first-order valence-electron chi connectivity index (χ1n) is 6.19. The molecular weight excluding hydrogens is 353 g/mol. The molecule has 1 heterocycles. The normalized spacial score (nSPS) is 12.1. The van der Waals surface area contributed by atoms with Gasteiger partial charge in [0.1, 0.15) is 6.54 Å². The van der Waals surface area contributed by atoms with Crippen LogP contribution in [0.3, 0.4) is 0 Å². The molecule has 0 fully saturated rings. The van der Waals surface area contributed by atoms with Crippen LogP contribution >= 0.6 is 11.3 Å². The second-order valence-corrected chi connectivity index (χ2v) is 7.11. The third-order valence-corrected chi connectivity index (χ3v) is 4.92. The number of benzene rings is 1. The van der Waals surface area contributed by atoms with Gasteiger partial charge < -0.3 is 5.32 Å². The Bertz CT molecular complexity index is 770. The Labute approximate surface area is 134 Å². The van der Waals surface area contributed by atoms with Crippen molar-refractivity contribution in [3.63, 3.8) is 0 Å². The maximum atomic E-state index is 12.1. The van der Waals surface area contributed by atoms with E-state index in [0.717, 1.165) is 12.1 Å². The van der Waals surface area contributed by atoms with Gasteiger partial charge in [-0.1, -0.05) is 6.07 Å². The Balaban J connectivity index is 2.05. The van der Waals surface area contributed by atoms with Crippen molar-refractivity contribution in [1.82, 2.24) is 4.72 Å². The van der Waals surface area contributed by atoms with Crippen molar-refractivity contribution in [3.8, 4) is 0 Å². The molecule has 0 aliphatic rings. The fourth-order valence-electron chi connectivity index (χ4n) is 1.58. The van der Waals surface area contributed by atoms with E-state index in [0.29, 0.717) is 10.6 Å². The number of amides is 1. The average molecular weight is 364 g/mol. The standard InChI is InChI=1S/C13H11F3N2O3S2/c14-13(15,16)8-17-23(20,21)10-5-3-9(4-6-10)18-12(19)11-2-1-7-22-11/h1-7,17H,8H2,(H,18,19). The van der Waals surface area contributed by atoms with Gasteiger partial charge in [-0.05, 0) is 35.7 Å². The zero-order valence-electron chi connectivity index (χ0n) is 11.4.